The van der Waals surface area contributed by atoms with Crippen molar-refractivity contribution in [1.82, 2.24) is 15.8 Å². The molecule has 1 aromatic heterocycles. The Kier molecular flexibility index (Phi) is 5.15. The number of hydrazine groups is 1. The van der Waals surface area contributed by atoms with Crippen molar-refractivity contribution in [2.75, 3.05) is 13.2 Å². The Morgan fingerprint density at radius 3 is 2.80 bits per heavy atom. The van der Waals surface area contributed by atoms with Gasteiger partial charge in [-0.1, -0.05) is 17.7 Å². The molecule has 25 heavy (non-hydrogen) atoms. The Morgan fingerprint density at radius 1 is 1.16 bits per heavy atom. The van der Waals surface area contributed by atoms with E-state index in [0.29, 0.717) is 35.3 Å². The highest BCUT2D eigenvalue weighted by molar-refractivity contribution is 6.32. The van der Waals surface area contributed by atoms with Crippen molar-refractivity contribution in [3.05, 3.63) is 58.9 Å². The summed E-state index contributed by atoms with van der Waals surface area (Å²) in [6.45, 7) is 0.886. The quantitative estimate of drug-likeness (QED) is 0.646. The zero-order valence-electron chi connectivity index (χ0n) is 13.0. The van der Waals surface area contributed by atoms with E-state index in [4.69, 9.17) is 21.1 Å². The molecule has 0 radical (unpaired) electrons. The van der Waals surface area contributed by atoms with Crippen molar-refractivity contribution in [2.45, 2.75) is 0 Å². The zero-order valence-corrected chi connectivity index (χ0v) is 13.7. The number of halogens is 1. The fourth-order valence-corrected chi connectivity index (χ4v) is 2.39. The minimum Gasteiger partial charge on any atom is -0.486 e. The van der Waals surface area contributed by atoms with Gasteiger partial charge in [-0.3, -0.25) is 25.4 Å². The van der Waals surface area contributed by atoms with E-state index in [1.165, 1.54) is 18.3 Å². The molecule has 2 N–H and O–H groups in total. The zero-order chi connectivity index (χ0) is 17.6. The van der Waals surface area contributed by atoms with Gasteiger partial charge in [-0.25, -0.2) is 0 Å². The van der Waals surface area contributed by atoms with Gasteiger partial charge in [0.1, 0.15) is 18.9 Å². The van der Waals surface area contributed by atoms with Gasteiger partial charge in [0, 0.05) is 12.3 Å². The van der Waals surface area contributed by atoms with Gasteiger partial charge in [0.2, 0.25) is 0 Å². The Labute approximate surface area is 148 Å². The van der Waals surface area contributed by atoms with E-state index < -0.39 is 11.8 Å². The molecule has 2 aromatic rings. The maximum atomic E-state index is 11.8. The average Bonchev–Trinajstić information content (AvgIpc) is 2.65. The number of hydrogen-bond acceptors (Lipinski definition) is 5. The van der Waals surface area contributed by atoms with Crippen molar-refractivity contribution < 1.29 is 19.1 Å². The highest BCUT2D eigenvalue weighted by Gasteiger charge is 2.16. The van der Waals surface area contributed by atoms with Crippen LogP contribution >= 0.6 is 11.6 Å². The molecule has 7 nitrogen and oxygen atoms in total. The van der Waals surface area contributed by atoms with Gasteiger partial charge >= 0.3 is 0 Å². The highest BCUT2D eigenvalue weighted by atomic mass is 35.5. The lowest BCUT2D eigenvalue weighted by atomic mass is 10.1. The molecule has 0 spiro atoms. The van der Waals surface area contributed by atoms with Crippen LogP contribution in [-0.4, -0.2) is 30.0 Å². The van der Waals surface area contributed by atoms with E-state index in [0.717, 1.165) is 0 Å². The van der Waals surface area contributed by atoms with Gasteiger partial charge in [0.25, 0.3) is 11.8 Å². The van der Waals surface area contributed by atoms with E-state index in [9.17, 15) is 9.59 Å². The van der Waals surface area contributed by atoms with E-state index in [-0.39, 0.29) is 5.69 Å². The third-order valence-electron chi connectivity index (χ3n) is 3.24. The Hall–Kier alpha value is -3.06. The number of hydrogen-bond donors (Lipinski definition) is 2. The van der Waals surface area contributed by atoms with Crippen LogP contribution in [0.5, 0.6) is 11.5 Å². The number of pyridine rings is 1. The highest BCUT2D eigenvalue weighted by Crippen LogP contribution is 2.38. The van der Waals surface area contributed by atoms with E-state index >= 15 is 0 Å². The van der Waals surface area contributed by atoms with E-state index in [1.54, 1.807) is 30.3 Å². The minimum atomic E-state index is -0.510. The summed E-state index contributed by atoms with van der Waals surface area (Å²) in [6, 6.07) is 8.28. The maximum Gasteiger partial charge on any atom is 0.288 e. The largest absolute Gasteiger partial charge is 0.486 e. The van der Waals surface area contributed by atoms with Crippen molar-refractivity contribution in [3.63, 3.8) is 0 Å². The van der Waals surface area contributed by atoms with Crippen LogP contribution in [0.25, 0.3) is 6.08 Å². The summed E-state index contributed by atoms with van der Waals surface area (Å²) >= 11 is 6.13. The molecule has 1 aromatic carbocycles. The third-order valence-corrected chi connectivity index (χ3v) is 3.52. The van der Waals surface area contributed by atoms with Gasteiger partial charge in [-0.05, 0) is 35.9 Å². The summed E-state index contributed by atoms with van der Waals surface area (Å²) in [4.78, 5) is 27.5. The molecule has 1 aliphatic rings. The first-order valence-electron chi connectivity index (χ1n) is 7.42. The van der Waals surface area contributed by atoms with Gasteiger partial charge in [-0.15, -0.1) is 0 Å². The Balaban J connectivity index is 1.59. The molecule has 2 amide bonds. The lowest BCUT2D eigenvalue weighted by Crippen LogP contribution is -2.41. The molecular formula is C17H14ClN3O4. The summed E-state index contributed by atoms with van der Waals surface area (Å²) in [5, 5.41) is 0.403. The van der Waals surface area contributed by atoms with Crippen molar-refractivity contribution in [3.8, 4) is 11.5 Å². The fourth-order valence-electron chi connectivity index (χ4n) is 2.12. The SMILES string of the molecule is O=C(C=Cc1cc(Cl)c2c(c1)OCCO2)NNC(=O)c1ccccn1. The summed E-state index contributed by atoms with van der Waals surface area (Å²) in [5.74, 6) is 0.0134. The molecule has 0 atom stereocenters. The topological polar surface area (TPSA) is 89.5 Å². The monoisotopic (exact) mass is 359 g/mol. The predicted octanol–water partition coefficient (Wildman–Crippen LogP) is 1.98. The lowest BCUT2D eigenvalue weighted by Gasteiger charge is -2.19. The van der Waals surface area contributed by atoms with Crippen LogP contribution in [0.3, 0.4) is 0 Å². The molecule has 0 saturated carbocycles. The molecule has 0 saturated heterocycles. The van der Waals surface area contributed by atoms with E-state index in [2.05, 4.69) is 15.8 Å². The van der Waals surface area contributed by atoms with E-state index in [1.807, 2.05) is 0 Å². The maximum absolute atomic E-state index is 11.8. The number of benzene rings is 1. The van der Waals surface area contributed by atoms with Crippen molar-refractivity contribution in [1.29, 1.82) is 0 Å². The molecule has 0 bridgehead atoms. The van der Waals surface area contributed by atoms with Crippen LogP contribution in [-0.2, 0) is 4.79 Å². The molecule has 0 fully saturated rings. The summed E-state index contributed by atoms with van der Waals surface area (Å²) in [6.07, 6.45) is 4.30. The summed E-state index contributed by atoms with van der Waals surface area (Å²) in [5.41, 5.74) is 5.41. The number of nitrogens with zero attached hydrogens (tertiary/aromatic N) is 1. The minimum absolute atomic E-state index is 0.199. The van der Waals surface area contributed by atoms with Gasteiger partial charge in [0.05, 0.1) is 5.02 Å². The van der Waals surface area contributed by atoms with Crippen molar-refractivity contribution >= 4 is 29.5 Å². The van der Waals surface area contributed by atoms with Crippen molar-refractivity contribution in [2.24, 2.45) is 0 Å². The molecule has 128 valence electrons. The van der Waals surface area contributed by atoms with Crippen LogP contribution in [0.4, 0.5) is 0 Å². The van der Waals surface area contributed by atoms with Gasteiger partial charge in [0.15, 0.2) is 11.5 Å². The molecule has 0 aliphatic carbocycles. The summed E-state index contributed by atoms with van der Waals surface area (Å²) < 4.78 is 10.9. The normalized spacial score (nSPS) is 12.7. The Bertz CT molecular complexity index is 824. The molecule has 3 rings (SSSR count). The van der Waals surface area contributed by atoms with Crippen LogP contribution in [0.1, 0.15) is 16.1 Å². The number of amides is 2. The standard InChI is InChI=1S/C17H14ClN3O4/c18-12-9-11(10-14-16(12)25-8-7-24-14)4-5-15(22)20-21-17(23)13-3-1-2-6-19-13/h1-6,9-10H,7-8H2,(H,20,22)(H,21,23). The summed E-state index contributed by atoms with van der Waals surface area (Å²) in [7, 11) is 0. The second-order valence-electron chi connectivity index (χ2n) is 5.02. The third kappa shape index (κ3) is 4.27. The number of aromatic nitrogens is 1. The Morgan fingerprint density at radius 2 is 2.00 bits per heavy atom. The number of nitrogens with one attached hydrogen (secondary N) is 2. The predicted molar refractivity (Wildman–Crippen MR) is 91.3 cm³/mol. The first-order valence-corrected chi connectivity index (χ1v) is 7.80. The number of carbonyl (C=O) groups is 2. The lowest BCUT2D eigenvalue weighted by molar-refractivity contribution is -0.117. The van der Waals surface area contributed by atoms with Gasteiger partial charge < -0.3 is 9.47 Å². The number of carbonyl (C=O) groups excluding carboxylic acids is 2. The molecule has 1 aliphatic heterocycles. The second-order valence-corrected chi connectivity index (χ2v) is 5.43. The van der Waals surface area contributed by atoms with Crippen LogP contribution in [0.2, 0.25) is 5.02 Å². The first kappa shape index (κ1) is 16.8. The second kappa shape index (κ2) is 7.67. The number of rotatable bonds is 3. The van der Waals surface area contributed by atoms with Crippen LogP contribution in [0.15, 0.2) is 42.6 Å². The number of ether oxygens (including phenoxy) is 2. The number of fused-ring (bicyclic) bond motifs is 1. The average molecular weight is 360 g/mol. The molecular weight excluding hydrogens is 346 g/mol. The molecule has 8 heteroatoms. The smallest absolute Gasteiger partial charge is 0.288 e. The van der Waals surface area contributed by atoms with Gasteiger partial charge in [-0.2, -0.15) is 0 Å². The van der Waals surface area contributed by atoms with Crippen LogP contribution < -0.4 is 20.3 Å². The fraction of sp³-hybridized carbons (Fsp3) is 0.118. The molecule has 0 unspecified atom stereocenters. The first-order chi connectivity index (χ1) is 12.1. The molecule has 2 heterocycles. The van der Waals surface area contributed by atoms with Crippen LogP contribution in [0, 0.1) is 0 Å².